The van der Waals surface area contributed by atoms with Gasteiger partial charge in [0, 0.05) is 0 Å². The second kappa shape index (κ2) is 12.7. The quantitative estimate of drug-likeness (QED) is 0.171. The van der Waals surface area contributed by atoms with Crippen LogP contribution in [0.1, 0.15) is 84.0 Å². The van der Waals surface area contributed by atoms with E-state index in [2.05, 4.69) is 70.6 Å². The first-order valence-electron chi connectivity index (χ1n) is 8.24. The second-order valence-electron chi connectivity index (χ2n) is 5.87. The first-order chi connectivity index (χ1) is 10.3. The van der Waals surface area contributed by atoms with Gasteiger partial charge in [0.25, 0.3) is 0 Å². The molecule has 0 unspecified atom stereocenters. The van der Waals surface area contributed by atoms with E-state index < -0.39 is 12.4 Å². The molecule has 0 aromatic rings. The molecule has 0 aromatic heterocycles. The van der Waals surface area contributed by atoms with Crippen LogP contribution in [0.25, 0.3) is 0 Å². The minimum absolute atomic E-state index is 0.682. The van der Waals surface area contributed by atoms with Crippen LogP contribution in [0, 0.1) is 0 Å². The van der Waals surface area contributed by atoms with E-state index in [1.807, 2.05) is 0 Å². The molecule has 0 fully saturated rings. The molecule has 0 heterocycles. The Morgan fingerprint density at radius 2 is 1.14 bits per heavy atom. The van der Waals surface area contributed by atoms with Crippen molar-refractivity contribution in [3.8, 4) is 0 Å². The van der Waals surface area contributed by atoms with Gasteiger partial charge >= 0.3 is 5.97 Å². The Hall–Kier alpha value is 1.39. The van der Waals surface area contributed by atoms with Gasteiger partial charge in [-0.3, -0.25) is 0 Å². The number of halogens is 4. The molecule has 0 aliphatic heterocycles. The number of carboxylic acids is 1. The summed E-state index contributed by atoms with van der Waals surface area (Å²) < 4.78 is -1.87. The summed E-state index contributed by atoms with van der Waals surface area (Å²) in [4.78, 5) is 11.2. The number of carboxylic acid groups (broad SMARTS) is 1. The van der Waals surface area contributed by atoms with Crippen LogP contribution in [0.3, 0.4) is 0 Å². The van der Waals surface area contributed by atoms with Crippen LogP contribution in [0.15, 0.2) is 0 Å². The standard InChI is InChI=1S/C16H28Br4O2/c1-2-3-4-5-6-7-8-9-10-11-12-13-15(17,18)16(19,20)14(21)22/h2-13H2,1H3,(H,21,22). The highest BCUT2D eigenvalue weighted by Gasteiger charge is 2.50. The monoisotopic (exact) mass is 568 g/mol. The molecule has 0 rings (SSSR count). The minimum Gasteiger partial charge on any atom is -0.480 e. The molecular formula is C16H28Br4O2. The SMILES string of the molecule is CCCCCCCCCCCCCC(Br)(Br)C(Br)(Br)C(=O)O. The zero-order valence-electron chi connectivity index (χ0n) is 13.4. The molecular weight excluding hydrogens is 544 g/mol. The molecule has 0 aliphatic rings. The zero-order chi connectivity index (χ0) is 17.1. The predicted octanol–water partition coefficient (Wildman–Crippen LogP) is 7.74. The highest BCUT2D eigenvalue weighted by molar-refractivity contribution is 9.30. The Bertz CT molecular complexity index is 307. The maximum absolute atomic E-state index is 11.2. The lowest BCUT2D eigenvalue weighted by molar-refractivity contribution is -0.137. The van der Waals surface area contributed by atoms with Crippen LogP contribution in [-0.2, 0) is 4.79 Å². The lowest BCUT2D eigenvalue weighted by atomic mass is 10.0. The van der Waals surface area contributed by atoms with Crippen molar-refractivity contribution in [2.24, 2.45) is 0 Å². The third kappa shape index (κ3) is 9.63. The van der Waals surface area contributed by atoms with Crippen molar-refractivity contribution < 1.29 is 9.90 Å². The summed E-state index contributed by atoms with van der Waals surface area (Å²) in [6, 6.07) is 0. The van der Waals surface area contributed by atoms with Gasteiger partial charge in [0.15, 0.2) is 0 Å². The van der Waals surface area contributed by atoms with E-state index in [-0.39, 0.29) is 0 Å². The summed E-state index contributed by atoms with van der Waals surface area (Å²) in [5.41, 5.74) is 0. The number of alkyl halides is 4. The third-order valence-corrected chi connectivity index (χ3v) is 9.97. The predicted molar refractivity (Wildman–Crippen MR) is 110 cm³/mol. The Balaban J connectivity index is 3.59. The minimum atomic E-state index is -1.19. The number of rotatable bonds is 14. The summed E-state index contributed by atoms with van der Waals surface area (Å²) in [6.07, 6.45) is 14.9. The van der Waals surface area contributed by atoms with Crippen LogP contribution < -0.4 is 0 Å². The average molecular weight is 572 g/mol. The van der Waals surface area contributed by atoms with E-state index in [9.17, 15) is 9.90 Å². The Morgan fingerprint density at radius 1 is 0.773 bits per heavy atom. The van der Waals surface area contributed by atoms with Crippen LogP contribution in [-0.4, -0.2) is 17.5 Å². The molecule has 1 N–H and O–H groups in total. The molecule has 0 saturated carbocycles. The van der Waals surface area contributed by atoms with Crippen LogP contribution in [0.5, 0.6) is 0 Å². The number of carbonyl (C=O) groups is 1. The van der Waals surface area contributed by atoms with Gasteiger partial charge in [0.1, 0.15) is 3.23 Å². The molecule has 2 nitrogen and oxygen atoms in total. The Labute approximate surface area is 169 Å². The van der Waals surface area contributed by atoms with Crippen molar-refractivity contribution in [1.82, 2.24) is 0 Å². The molecule has 0 aliphatic carbocycles. The molecule has 0 radical (unpaired) electrons. The zero-order valence-corrected chi connectivity index (χ0v) is 19.7. The van der Waals surface area contributed by atoms with Crippen molar-refractivity contribution in [2.45, 2.75) is 90.4 Å². The smallest absolute Gasteiger partial charge is 0.333 e. The third-order valence-electron chi connectivity index (χ3n) is 3.82. The molecule has 0 atom stereocenters. The fraction of sp³-hybridized carbons (Fsp3) is 0.938. The van der Waals surface area contributed by atoms with Gasteiger partial charge in [-0.05, 0) is 6.42 Å². The van der Waals surface area contributed by atoms with Crippen LogP contribution in [0.2, 0.25) is 0 Å². The summed E-state index contributed by atoms with van der Waals surface area (Å²) in [5, 5.41) is 9.20. The van der Waals surface area contributed by atoms with Crippen molar-refractivity contribution in [1.29, 1.82) is 0 Å². The van der Waals surface area contributed by atoms with Gasteiger partial charge in [0.2, 0.25) is 3.23 Å². The summed E-state index contributed by atoms with van der Waals surface area (Å²) in [5.74, 6) is -0.940. The number of unbranched alkanes of at least 4 members (excludes halogenated alkanes) is 10. The maximum Gasteiger partial charge on any atom is 0.333 e. The number of aliphatic carboxylic acids is 1. The Morgan fingerprint density at radius 3 is 1.50 bits per heavy atom. The fourth-order valence-corrected chi connectivity index (χ4v) is 3.62. The maximum atomic E-state index is 11.2. The van der Waals surface area contributed by atoms with E-state index >= 15 is 0 Å². The van der Waals surface area contributed by atoms with Gasteiger partial charge in [-0.25, -0.2) is 4.79 Å². The van der Waals surface area contributed by atoms with Gasteiger partial charge in [-0.15, -0.1) is 0 Å². The summed E-state index contributed by atoms with van der Waals surface area (Å²) in [6.45, 7) is 2.25. The lowest BCUT2D eigenvalue weighted by Gasteiger charge is -2.30. The van der Waals surface area contributed by atoms with Crippen molar-refractivity contribution in [2.75, 3.05) is 0 Å². The van der Waals surface area contributed by atoms with Gasteiger partial charge in [-0.1, -0.05) is 141 Å². The van der Waals surface area contributed by atoms with Gasteiger partial charge in [-0.2, -0.15) is 0 Å². The van der Waals surface area contributed by atoms with E-state index in [1.165, 1.54) is 57.8 Å². The lowest BCUT2D eigenvalue weighted by Crippen LogP contribution is -2.41. The highest BCUT2D eigenvalue weighted by Crippen LogP contribution is 2.51. The first kappa shape index (κ1) is 23.4. The molecule has 0 amide bonds. The number of hydrogen-bond acceptors (Lipinski definition) is 1. The normalized spacial score (nSPS) is 12.6. The number of hydrogen-bond donors (Lipinski definition) is 1. The second-order valence-corrected chi connectivity index (χ2v) is 13.1. The van der Waals surface area contributed by atoms with E-state index in [0.29, 0.717) is 0 Å². The topological polar surface area (TPSA) is 37.3 Å². The molecule has 0 bridgehead atoms. The molecule has 6 heteroatoms. The molecule has 0 saturated heterocycles. The van der Waals surface area contributed by atoms with Crippen molar-refractivity contribution >= 4 is 69.7 Å². The van der Waals surface area contributed by atoms with Crippen LogP contribution >= 0.6 is 63.7 Å². The molecule has 0 spiro atoms. The molecule has 22 heavy (non-hydrogen) atoms. The largest absolute Gasteiger partial charge is 0.480 e. The summed E-state index contributed by atoms with van der Waals surface area (Å²) >= 11 is 13.4. The van der Waals surface area contributed by atoms with Gasteiger partial charge < -0.3 is 5.11 Å². The van der Waals surface area contributed by atoms with E-state index in [0.717, 1.165) is 19.3 Å². The summed E-state index contributed by atoms with van der Waals surface area (Å²) in [7, 11) is 0. The molecule has 0 aromatic carbocycles. The van der Waals surface area contributed by atoms with E-state index in [1.54, 1.807) is 0 Å². The van der Waals surface area contributed by atoms with E-state index in [4.69, 9.17) is 0 Å². The fourth-order valence-electron chi connectivity index (χ4n) is 2.32. The average Bonchev–Trinajstić information content (AvgIpc) is 2.44. The van der Waals surface area contributed by atoms with Crippen molar-refractivity contribution in [3.05, 3.63) is 0 Å². The highest BCUT2D eigenvalue weighted by atomic mass is 79.9. The first-order valence-corrected chi connectivity index (χ1v) is 11.4. The Kier molecular flexibility index (Phi) is 13.5. The van der Waals surface area contributed by atoms with Gasteiger partial charge in [0.05, 0.1) is 0 Å². The van der Waals surface area contributed by atoms with Crippen LogP contribution in [0.4, 0.5) is 0 Å². The molecule has 132 valence electrons. The van der Waals surface area contributed by atoms with Crippen molar-refractivity contribution in [3.63, 3.8) is 0 Å².